The van der Waals surface area contributed by atoms with E-state index < -0.39 is 5.97 Å². The van der Waals surface area contributed by atoms with E-state index >= 15 is 0 Å². The zero-order valence-corrected chi connectivity index (χ0v) is 12.2. The summed E-state index contributed by atoms with van der Waals surface area (Å²) in [6.45, 7) is 1.72. The Kier molecular flexibility index (Phi) is 4.07. The highest BCUT2D eigenvalue weighted by Crippen LogP contribution is 2.32. The molecule has 0 spiro atoms. The molecule has 0 radical (unpaired) electrons. The molecule has 98 valence electrons. The summed E-state index contributed by atoms with van der Waals surface area (Å²) in [7, 11) is 0. The van der Waals surface area contributed by atoms with Crippen LogP contribution in [0.3, 0.4) is 0 Å². The zero-order chi connectivity index (χ0) is 14.0. The predicted octanol–water partition coefficient (Wildman–Crippen LogP) is 4.30. The largest absolute Gasteiger partial charge is 0.478 e. The Morgan fingerprint density at radius 1 is 1.42 bits per heavy atom. The van der Waals surface area contributed by atoms with Crippen molar-refractivity contribution in [3.05, 3.63) is 51.1 Å². The predicted molar refractivity (Wildman–Crippen MR) is 75.2 cm³/mol. The second-order valence-electron chi connectivity index (χ2n) is 3.83. The van der Waals surface area contributed by atoms with Crippen LogP contribution in [0.5, 0.6) is 11.6 Å². The lowest BCUT2D eigenvalue weighted by atomic mass is 10.2. The van der Waals surface area contributed by atoms with Gasteiger partial charge in [-0.3, -0.25) is 0 Å². The van der Waals surface area contributed by atoms with Gasteiger partial charge in [0.2, 0.25) is 5.88 Å². The maximum absolute atomic E-state index is 10.8. The van der Waals surface area contributed by atoms with Crippen molar-refractivity contribution in [2.45, 2.75) is 6.92 Å². The van der Waals surface area contributed by atoms with Crippen LogP contribution in [0.15, 0.2) is 34.9 Å². The van der Waals surface area contributed by atoms with Crippen LogP contribution in [0.25, 0.3) is 0 Å². The standard InChI is InChI=1S/C13H9BrClNO3/c1-7-4-8(13(17)18)6-16-12(7)19-11-3-2-9(14)5-10(11)15/h2-6H,1H3,(H,17,18). The van der Waals surface area contributed by atoms with Crippen molar-refractivity contribution in [2.24, 2.45) is 0 Å². The van der Waals surface area contributed by atoms with Crippen LogP contribution < -0.4 is 4.74 Å². The number of carbonyl (C=O) groups is 1. The number of aryl methyl sites for hydroxylation is 1. The fraction of sp³-hybridized carbons (Fsp3) is 0.0769. The summed E-state index contributed by atoms with van der Waals surface area (Å²) in [6.07, 6.45) is 1.25. The number of aromatic carboxylic acids is 1. The van der Waals surface area contributed by atoms with E-state index in [2.05, 4.69) is 20.9 Å². The van der Waals surface area contributed by atoms with Gasteiger partial charge < -0.3 is 9.84 Å². The van der Waals surface area contributed by atoms with Crippen molar-refractivity contribution in [2.75, 3.05) is 0 Å². The van der Waals surface area contributed by atoms with Crippen LogP contribution in [0.2, 0.25) is 5.02 Å². The molecule has 1 aromatic carbocycles. The van der Waals surface area contributed by atoms with Crippen molar-refractivity contribution in [1.29, 1.82) is 0 Å². The van der Waals surface area contributed by atoms with Crippen molar-refractivity contribution < 1.29 is 14.6 Å². The van der Waals surface area contributed by atoms with Gasteiger partial charge in [0.15, 0.2) is 0 Å². The van der Waals surface area contributed by atoms with E-state index in [1.165, 1.54) is 12.3 Å². The lowest BCUT2D eigenvalue weighted by Crippen LogP contribution is -2.00. The van der Waals surface area contributed by atoms with Gasteiger partial charge in [-0.25, -0.2) is 9.78 Å². The third-order valence-electron chi connectivity index (χ3n) is 2.38. The van der Waals surface area contributed by atoms with Gasteiger partial charge in [-0.2, -0.15) is 0 Å². The van der Waals surface area contributed by atoms with Gasteiger partial charge in [-0.15, -0.1) is 0 Å². The Hall–Kier alpha value is -1.59. The maximum Gasteiger partial charge on any atom is 0.337 e. The number of nitrogens with zero attached hydrogens (tertiary/aromatic N) is 1. The van der Waals surface area contributed by atoms with Crippen molar-refractivity contribution in [3.8, 4) is 11.6 Å². The number of rotatable bonds is 3. The SMILES string of the molecule is Cc1cc(C(=O)O)cnc1Oc1ccc(Br)cc1Cl. The topological polar surface area (TPSA) is 59.4 Å². The third-order valence-corrected chi connectivity index (χ3v) is 3.17. The van der Waals surface area contributed by atoms with Crippen molar-refractivity contribution in [3.63, 3.8) is 0 Å². The summed E-state index contributed by atoms with van der Waals surface area (Å²) in [4.78, 5) is 14.8. The first kappa shape index (κ1) is 13.8. The number of ether oxygens (including phenoxy) is 1. The molecule has 6 heteroatoms. The van der Waals surface area contributed by atoms with Gasteiger partial charge in [-0.05, 0) is 31.2 Å². The Labute approximate surface area is 123 Å². The lowest BCUT2D eigenvalue weighted by molar-refractivity contribution is 0.0696. The molecule has 0 unspecified atom stereocenters. The fourth-order valence-corrected chi connectivity index (χ4v) is 2.16. The highest BCUT2D eigenvalue weighted by molar-refractivity contribution is 9.10. The first-order valence-electron chi connectivity index (χ1n) is 5.30. The minimum atomic E-state index is -1.02. The zero-order valence-electron chi connectivity index (χ0n) is 9.85. The number of hydrogen-bond acceptors (Lipinski definition) is 3. The first-order valence-corrected chi connectivity index (χ1v) is 6.47. The van der Waals surface area contributed by atoms with E-state index in [4.69, 9.17) is 21.4 Å². The van der Waals surface area contributed by atoms with Crippen LogP contribution in [-0.2, 0) is 0 Å². The van der Waals surface area contributed by atoms with E-state index in [-0.39, 0.29) is 5.56 Å². The molecular formula is C13H9BrClNO3. The molecule has 1 heterocycles. The second kappa shape index (κ2) is 5.59. The third kappa shape index (κ3) is 3.24. The number of benzene rings is 1. The summed E-state index contributed by atoms with van der Waals surface area (Å²) < 4.78 is 6.42. The highest BCUT2D eigenvalue weighted by atomic mass is 79.9. The molecule has 1 N–H and O–H groups in total. The van der Waals surface area contributed by atoms with Gasteiger partial charge in [0, 0.05) is 16.2 Å². The van der Waals surface area contributed by atoms with E-state index in [0.29, 0.717) is 22.2 Å². The van der Waals surface area contributed by atoms with E-state index in [1.54, 1.807) is 25.1 Å². The van der Waals surface area contributed by atoms with Crippen LogP contribution in [0, 0.1) is 6.92 Å². The normalized spacial score (nSPS) is 10.3. The lowest BCUT2D eigenvalue weighted by Gasteiger charge is -2.09. The Morgan fingerprint density at radius 2 is 2.16 bits per heavy atom. The van der Waals surface area contributed by atoms with E-state index in [0.717, 1.165) is 4.47 Å². The number of halogens is 2. The van der Waals surface area contributed by atoms with Crippen molar-refractivity contribution in [1.82, 2.24) is 4.98 Å². The number of carboxylic acid groups (broad SMARTS) is 1. The summed E-state index contributed by atoms with van der Waals surface area (Å²) >= 11 is 9.34. The summed E-state index contributed by atoms with van der Waals surface area (Å²) in [6, 6.07) is 6.70. The maximum atomic E-state index is 10.8. The molecule has 0 bridgehead atoms. The van der Waals surface area contributed by atoms with E-state index in [1.807, 2.05) is 0 Å². The monoisotopic (exact) mass is 341 g/mol. The molecule has 2 rings (SSSR count). The van der Waals surface area contributed by atoms with E-state index in [9.17, 15) is 4.79 Å². The molecule has 4 nitrogen and oxygen atoms in total. The Morgan fingerprint density at radius 3 is 2.74 bits per heavy atom. The summed E-state index contributed by atoms with van der Waals surface area (Å²) in [5, 5.41) is 9.30. The molecule has 19 heavy (non-hydrogen) atoms. The average molecular weight is 343 g/mol. The second-order valence-corrected chi connectivity index (χ2v) is 5.15. The van der Waals surface area contributed by atoms with Gasteiger partial charge in [0.1, 0.15) is 5.75 Å². The quantitative estimate of drug-likeness (QED) is 0.903. The van der Waals surface area contributed by atoms with Crippen LogP contribution in [0.1, 0.15) is 15.9 Å². The molecule has 2 aromatic rings. The number of aromatic nitrogens is 1. The molecule has 0 fully saturated rings. The molecule has 0 atom stereocenters. The molecule has 0 saturated heterocycles. The van der Waals surface area contributed by atoms with Crippen LogP contribution >= 0.6 is 27.5 Å². The van der Waals surface area contributed by atoms with Crippen LogP contribution in [-0.4, -0.2) is 16.1 Å². The minimum absolute atomic E-state index is 0.117. The molecular weight excluding hydrogens is 334 g/mol. The van der Waals surface area contributed by atoms with Gasteiger partial charge in [0.25, 0.3) is 0 Å². The van der Waals surface area contributed by atoms with Gasteiger partial charge in [-0.1, -0.05) is 27.5 Å². The molecule has 0 aliphatic rings. The Bertz CT molecular complexity index is 646. The molecule has 1 aromatic heterocycles. The average Bonchev–Trinajstić information content (AvgIpc) is 2.34. The first-order chi connectivity index (χ1) is 8.97. The fourth-order valence-electron chi connectivity index (χ4n) is 1.45. The van der Waals surface area contributed by atoms with Gasteiger partial charge >= 0.3 is 5.97 Å². The summed E-state index contributed by atoms with van der Waals surface area (Å²) in [5.41, 5.74) is 0.741. The molecule has 0 aliphatic carbocycles. The van der Waals surface area contributed by atoms with Crippen LogP contribution in [0.4, 0.5) is 0 Å². The Balaban J connectivity index is 2.31. The van der Waals surface area contributed by atoms with Gasteiger partial charge in [0.05, 0.1) is 10.6 Å². The minimum Gasteiger partial charge on any atom is -0.478 e. The summed E-state index contributed by atoms with van der Waals surface area (Å²) in [5.74, 6) is -0.235. The molecule has 0 saturated carbocycles. The number of pyridine rings is 1. The highest BCUT2D eigenvalue weighted by Gasteiger charge is 2.10. The number of carboxylic acids is 1. The smallest absolute Gasteiger partial charge is 0.337 e. The number of hydrogen-bond donors (Lipinski definition) is 1. The molecule has 0 amide bonds. The molecule has 0 aliphatic heterocycles. The van der Waals surface area contributed by atoms with Crippen molar-refractivity contribution >= 4 is 33.5 Å².